The molecule has 0 saturated heterocycles. The van der Waals surface area contributed by atoms with Gasteiger partial charge in [0.1, 0.15) is 6.54 Å². The van der Waals surface area contributed by atoms with E-state index in [0.717, 1.165) is 18.2 Å². The van der Waals surface area contributed by atoms with Crippen LogP contribution < -0.4 is 4.74 Å². The van der Waals surface area contributed by atoms with Crippen LogP contribution in [0.2, 0.25) is 0 Å². The van der Waals surface area contributed by atoms with E-state index in [4.69, 9.17) is 11.6 Å². The molecule has 1 rings (SSSR count). The van der Waals surface area contributed by atoms with Crippen molar-refractivity contribution in [3.8, 4) is 5.75 Å². The van der Waals surface area contributed by atoms with E-state index >= 15 is 0 Å². The maximum atomic E-state index is 13.2. The summed E-state index contributed by atoms with van der Waals surface area (Å²) in [5.41, 5.74) is -0.0994. The van der Waals surface area contributed by atoms with E-state index in [1.54, 1.807) is 0 Å². The summed E-state index contributed by atoms with van der Waals surface area (Å²) in [6, 6.07) is 3.10. The summed E-state index contributed by atoms with van der Waals surface area (Å²) in [6.07, 6.45) is -4.54. The molecule has 1 aromatic rings. The van der Waals surface area contributed by atoms with Gasteiger partial charge < -0.3 is 9.64 Å². The van der Waals surface area contributed by atoms with Crippen LogP contribution in [0.5, 0.6) is 5.75 Å². The van der Waals surface area contributed by atoms with Crippen LogP contribution in [-0.2, 0) is 0 Å². The van der Waals surface area contributed by atoms with Crippen molar-refractivity contribution in [1.29, 1.82) is 0 Å². The average Bonchev–Trinajstić information content (AvgIpc) is 2.36. The highest BCUT2D eigenvalue weighted by Gasteiger charge is 2.33. The molecule has 0 unspecified atom stereocenters. The molecule has 0 bridgehead atoms. The SMILES string of the molecule is COc1cc(C(=O)N(CCCl)CC(F)(F)F)ccc1F. The lowest BCUT2D eigenvalue weighted by atomic mass is 10.1. The standard InChI is InChI=1S/C12H12ClF4NO2/c1-20-10-6-8(2-3-9(10)14)11(19)18(5-4-13)7-12(15,16)17/h2-3,6H,4-5,7H2,1H3. The Morgan fingerprint density at radius 1 is 1.40 bits per heavy atom. The molecule has 0 atom stereocenters. The first-order chi connectivity index (χ1) is 9.28. The van der Waals surface area contributed by atoms with Crippen LogP contribution in [0.4, 0.5) is 17.6 Å². The molecular weight excluding hydrogens is 302 g/mol. The fourth-order valence-electron chi connectivity index (χ4n) is 1.55. The topological polar surface area (TPSA) is 29.5 Å². The third-order valence-electron chi connectivity index (χ3n) is 2.41. The van der Waals surface area contributed by atoms with E-state index in [1.165, 1.54) is 7.11 Å². The first-order valence-corrected chi connectivity index (χ1v) is 6.07. The molecule has 1 aromatic carbocycles. The van der Waals surface area contributed by atoms with Crippen molar-refractivity contribution in [3.05, 3.63) is 29.6 Å². The van der Waals surface area contributed by atoms with Gasteiger partial charge in [0.25, 0.3) is 5.91 Å². The summed E-state index contributed by atoms with van der Waals surface area (Å²) < 4.78 is 55.1. The molecular formula is C12H12ClF4NO2. The van der Waals surface area contributed by atoms with Crippen molar-refractivity contribution in [2.24, 2.45) is 0 Å². The molecule has 0 fully saturated rings. The van der Waals surface area contributed by atoms with E-state index in [0.29, 0.717) is 4.90 Å². The third-order valence-corrected chi connectivity index (χ3v) is 2.58. The number of alkyl halides is 4. The van der Waals surface area contributed by atoms with Gasteiger partial charge in [-0.05, 0) is 18.2 Å². The Hall–Kier alpha value is -1.50. The smallest absolute Gasteiger partial charge is 0.406 e. The Kier molecular flexibility index (Phi) is 5.62. The number of halogens is 5. The van der Waals surface area contributed by atoms with Gasteiger partial charge in [-0.15, -0.1) is 11.6 Å². The molecule has 3 nitrogen and oxygen atoms in total. The summed E-state index contributed by atoms with van der Waals surface area (Å²) in [5.74, 6) is -1.95. The third kappa shape index (κ3) is 4.56. The summed E-state index contributed by atoms with van der Waals surface area (Å²) in [5, 5.41) is 0. The molecule has 8 heteroatoms. The van der Waals surface area contributed by atoms with Gasteiger partial charge in [0.15, 0.2) is 11.6 Å². The quantitative estimate of drug-likeness (QED) is 0.617. The molecule has 0 spiro atoms. The molecule has 1 amide bonds. The second kappa shape index (κ2) is 6.78. The van der Waals surface area contributed by atoms with Gasteiger partial charge in [0.05, 0.1) is 7.11 Å². The van der Waals surface area contributed by atoms with Gasteiger partial charge in [0.2, 0.25) is 0 Å². The first-order valence-electron chi connectivity index (χ1n) is 5.54. The summed E-state index contributed by atoms with van der Waals surface area (Å²) in [4.78, 5) is 12.5. The van der Waals surface area contributed by atoms with Gasteiger partial charge in [-0.3, -0.25) is 4.79 Å². The van der Waals surface area contributed by atoms with Gasteiger partial charge in [0, 0.05) is 18.0 Å². The molecule has 112 valence electrons. The minimum Gasteiger partial charge on any atom is -0.494 e. The van der Waals surface area contributed by atoms with Crippen molar-refractivity contribution in [1.82, 2.24) is 4.90 Å². The van der Waals surface area contributed by atoms with Crippen LogP contribution in [0.1, 0.15) is 10.4 Å². The number of hydrogen-bond donors (Lipinski definition) is 0. The fourth-order valence-corrected chi connectivity index (χ4v) is 1.75. The van der Waals surface area contributed by atoms with Crippen molar-refractivity contribution in [2.75, 3.05) is 26.1 Å². The molecule has 0 aliphatic rings. The number of carbonyl (C=O) groups is 1. The highest BCUT2D eigenvalue weighted by molar-refractivity contribution is 6.18. The Bertz CT molecular complexity index is 479. The highest BCUT2D eigenvalue weighted by Crippen LogP contribution is 2.22. The molecule has 20 heavy (non-hydrogen) atoms. The zero-order valence-electron chi connectivity index (χ0n) is 10.5. The normalized spacial score (nSPS) is 11.3. The number of amides is 1. The minimum atomic E-state index is -4.54. The second-order valence-corrected chi connectivity index (χ2v) is 4.26. The van der Waals surface area contributed by atoms with Gasteiger partial charge in [-0.2, -0.15) is 13.2 Å². The van der Waals surface area contributed by atoms with E-state index in [1.807, 2.05) is 0 Å². The van der Waals surface area contributed by atoms with Crippen LogP contribution in [0.25, 0.3) is 0 Å². The number of hydrogen-bond acceptors (Lipinski definition) is 2. The monoisotopic (exact) mass is 313 g/mol. The summed E-state index contributed by atoms with van der Waals surface area (Å²) in [6.45, 7) is -1.68. The fraction of sp³-hybridized carbons (Fsp3) is 0.417. The van der Waals surface area contributed by atoms with Gasteiger partial charge >= 0.3 is 6.18 Å². The second-order valence-electron chi connectivity index (χ2n) is 3.88. The largest absolute Gasteiger partial charge is 0.494 e. The lowest BCUT2D eigenvalue weighted by molar-refractivity contribution is -0.140. The highest BCUT2D eigenvalue weighted by atomic mass is 35.5. The van der Waals surface area contributed by atoms with E-state index in [9.17, 15) is 22.4 Å². The van der Waals surface area contributed by atoms with Crippen LogP contribution in [-0.4, -0.2) is 43.1 Å². The maximum Gasteiger partial charge on any atom is 0.406 e. The number of ether oxygens (including phenoxy) is 1. The molecule has 0 radical (unpaired) electrons. The molecule has 0 heterocycles. The lowest BCUT2D eigenvalue weighted by Crippen LogP contribution is -2.40. The maximum absolute atomic E-state index is 13.2. The van der Waals surface area contributed by atoms with E-state index in [2.05, 4.69) is 4.74 Å². The Morgan fingerprint density at radius 2 is 2.05 bits per heavy atom. The van der Waals surface area contributed by atoms with Crippen LogP contribution in [0.3, 0.4) is 0 Å². The molecule has 0 N–H and O–H groups in total. The number of rotatable bonds is 5. The Labute approximate surface area is 118 Å². The number of nitrogens with zero attached hydrogens (tertiary/aromatic N) is 1. The van der Waals surface area contributed by atoms with Crippen molar-refractivity contribution in [2.45, 2.75) is 6.18 Å². The summed E-state index contributed by atoms with van der Waals surface area (Å²) in [7, 11) is 1.19. The Balaban J connectivity index is 3.00. The van der Waals surface area contributed by atoms with Gasteiger partial charge in [-0.25, -0.2) is 4.39 Å². The molecule has 0 aromatic heterocycles. The number of carbonyl (C=O) groups excluding carboxylic acids is 1. The predicted octanol–water partition coefficient (Wildman–Crippen LogP) is 3.08. The van der Waals surface area contributed by atoms with Crippen molar-refractivity contribution in [3.63, 3.8) is 0 Å². The zero-order valence-corrected chi connectivity index (χ0v) is 11.3. The zero-order chi connectivity index (χ0) is 15.3. The van der Waals surface area contributed by atoms with Crippen LogP contribution >= 0.6 is 11.6 Å². The van der Waals surface area contributed by atoms with E-state index in [-0.39, 0.29) is 23.7 Å². The minimum absolute atomic E-state index is 0.0994. The van der Waals surface area contributed by atoms with Gasteiger partial charge in [-0.1, -0.05) is 0 Å². The number of benzene rings is 1. The Morgan fingerprint density at radius 3 is 2.55 bits per heavy atom. The first kappa shape index (κ1) is 16.6. The van der Waals surface area contributed by atoms with Crippen LogP contribution in [0.15, 0.2) is 18.2 Å². The van der Waals surface area contributed by atoms with Crippen LogP contribution in [0, 0.1) is 5.82 Å². The predicted molar refractivity (Wildman–Crippen MR) is 65.6 cm³/mol. The number of methoxy groups -OCH3 is 1. The van der Waals surface area contributed by atoms with Crippen molar-refractivity contribution < 1.29 is 27.1 Å². The summed E-state index contributed by atoms with van der Waals surface area (Å²) >= 11 is 5.39. The van der Waals surface area contributed by atoms with E-state index < -0.39 is 24.4 Å². The molecule has 0 aliphatic carbocycles. The molecule has 0 saturated carbocycles. The lowest BCUT2D eigenvalue weighted by Gasteiger charge is -2.23. The average molecular weight is 314 g/mol. The molecule has 0 aliphatic heterocycles. The van der Waals surface area contributed by atoms with Crippen molar-refractivity contribution >= 4 is 17.5 Å².